The first-order valence-electron chi connectivity index (χ1n) is 4.72. The van der Waals surface area contributed by atoms with E-state index in [0.29, 0.717) is 11.1 Å². The van der Waals surface area contributed by atoms with Crippen LogP contribution in [0.15, 0.2) is 10.7 Å². The van der Waals surface area contributed by atoms with Crippen molar-refractivity contribution in [3.63, 3.8) is 0 Å². The number of rotatable bonds is 4. The maximum atomic E-state index is 12.5. The molecular formula is C10H11BrF2N2O2. The van der Waals surface area contributed by atoms with Crippen molar-refractivity contribution in [3.8, 4) is 0 Å². The van der Waals surface area contributed by atoms with Crippen LogP contribution in [0.25, 0.3) is 0 Å². The molecule has 17 heavy (non-hydrogen) atoms. The van der Waals surface area contributed by atoms with Crippen molar-refractivity contribution in [1.29, 1.82) is 0 Å². The number of carbonyl (C=O) groups is 1. The molecule has 1 aromatic heterocycles. The second-order valence-electron chi connectivity index (χ2n) is 3.23. The van der Waals surface area contributed by atoms with Gasteiger partial charge in [-0.2, -0.15) is 0 Å². The highest BCUT2D eigenvalue weighted by molar-refractivity contribution is 9.10. The number of carbonyl (C=O) groups excluding carboxylic acids is 1. The van der Waals surface area contributed by atoms with Gasteiger partial charge in [0, 0.05) is 12.1 Å². The summed E-state index contributed by atoms with van der Waals surface area (Å²) in [6, 6.07) is 1.20. The number of aromatic nitrogens is 1. The van der Waals surface area contributed by atoms with Crippen LogP contribution in [0.1, 0.15) is 23.2 Å². The third kappa shape index (κ3) is 3.44. The summed E-state index contributed by atoms with van der Waals surface area (Å²) in [4.78, 5) is 14.8. The maximum absolute atomic E-state index is 12.5. The Morgan fingerprint density at radius 1 is 1.65 bits per heavy atom. The highest BCUT2D eigenvalue weighted by Crippen LogP contribution is 2.25. The van der Waals surface area contributed by atoms with Crippen molar-refractivity contribution in [2.75, 3.05) is 7.11 Å². The molecule has 0 bridgehead atoms. The van der Waals surface area contributed by atoms with Gasteiger partial charge < -0.3 is 10.5 Å². The summed E-state index contributed by atoms with van der Waals surface area (Å²) >= 11 is 3.06. The molecule has 7 heteroatoms. The molecule has 0 atom stereocenters. The number of alkyl halides is 2. The molecule has 0 amide bonds. The summed E-state index contributed by atoms with van der Waals surface area (Å²) in [5.41, 5.74) is 6.02. The van der Waals surface area contributed by atoms with Crippen LogP contribution < -0.4 is 5.73 Å². The highest BCUT2D eigenvalue weighted by Gasteiger charge is 2.17. The van der Waals surface area contributed by atoms with Crippen LogP contribution in [0.5, 0.6) is 0 Å². The molecule has 1 aromatic rings. The smallest absolute Gasteiger partial charge is 0.310 e. The van der Waals surface area contributed by atoms with E-state index < -0.39 is 12.4 Å². The predicted molar refractivity (Wildman–Crippen MR) is 60.5 cm³/mol. The fraction of sp³-hybridized carbons (Fsp3) is 0.400. The van der Waals surface area contributed by atoms with Gasteiger partial charge in [-0.3, -0.25) is 4.79 Å². The Hall–Kier alpha value is -1.08. The minimum absolute atomic E-state index is 0.0488. The molecule has 2 N–H and O–H groups in total. The number of ether oxygens (including phenoxy) is 1. The van der Waals surface area contributed by atoms with Crippen molar-refractivity contribution in [1.82, 2.24) is 4.98 Å². The molecule has 0 aromatic carbocycles. The second kappa shape index (κ2) is 6.02. The van der Waals surface area contributed by atoms with Crippen molar-refractivity contribution >= 4 is 21.9 Å². The molecule has 0 radical (unpaired) electrons. The maximum Gasteiger partial charge on any atom is 0.310 e. The van der Waals surface area contributed by atoms with Crippen molar-refractivity contribution in [2.24, 2.45) is 5.73 Å². The van der Waals surface area contributed by atoms with Gasteiger partial charge in [0.2, 0.25) is 0 Å². The van der Waals surface area contributed by atoms with E-state index in [9.17, 15) is 13.6 Å². The zero-order valence-electron chi connectivity index (χ0n) is 9.04. The molecule has 0 aliphatic carbocycles. The average molecular weight is 309 g/mol. The van der Waals surface area contributed by atoms with Crippen molar-refractivity contribution in [3.05, 3.63) is 27.5 Å². The summed E-state index contributed by atoms with van der Waals surface area (Å²) in [6.45, 7) is 0.0488. The Kier molecular flexibility index (Phi) is 4.95. The van der Waals surface area contributed by atoms with Crippen LogP contribution >= 0.6 is 15.9 Å². The third-order valence-corrected chi connectivity index (χ3v) is 2.83. The number of pyridine rings is 1. The molecule has 0 unspecified atom stereocenters. The first-order chi connectivity index (χ1) is 7.99. The van der Waals surface area contributed by atoms with Crippen molar-refractivity contribution in [2.45, 2.75) is 19.4 Å². The van der Waals surface area contributed by atoms with Gasteiger partial charge in [-0.05, 0) is 27.6 Å². The van der Waals surface area contributed by atoms with Crippen LogP contribution in [-0.4, -0.2) is 18.1 Å². The van der Waals surface area contributed by atoms with E-state index in [4.69, 9.17) is 5.73 Å². The molecular weight excluding hydrogens is 298 g/mol. The van der Waals surface area contributed by atoms with Gasteiger partial charge in [0.25, 0.3) is 6.43 Å². The number of methoxy groups -OCH3 is 1. The fourth-order valence-corrected chi connectivity index (χ4v) is 1.91. The fourth-order valence-electron chi connectivity index (χ4n) is 1.31. The SMILES string of the molecule is COC(=O)Cc1c(CN)cc(C(F)F)nc1Br. The summed E-state index contributed by atoms with van der Waals surface area (Å²) < 4.78 is 29.7. The lowest BCUT2D eigenvalue weighted by Gasteiger charge is -2.11. The lowest BCUT2D eigenvalue weighted by atomic mass is 10.1. The van der Waals surface area contributed by atoms with Gasteiger partial charge in [0.1, 0.15) is 10.3 Å². The Morgan fingerprint density at radius 3 is 2.76 bits per heavy atom. The molecule has 94 valence electrons. The second-order valence-corrected chi connectivity index (χ2v) is 3.98. The summed E-state index contributed by atoms with van der Waals surface area (Å²) in [5.74, 6) is -0.480. The normalized spacial score (nSPS) is 10.7. The van der Waals surface area contributed by atoms with E-state index in [-0.39, 0.29) is 23.3 Å². The summed E-state index contributed by atoms with van der Waals surface area (Å²) in [7, 11) is 1.25. The molecule has 1 rings (SSSR count). The Balaban J connectivity index is 3.16. The Labute approximate surface area is 105 Å². The highest BCUT2D eigenvalue weighted by atomic mass is 79.9. The van der Waals surface area contributed by atoms with Crippen LogP contribution in [0.2, 0.25) is 0 Å². The lowest BCUT2D eigenvalue weighted by Crippen LogP contribution is -2.12. The van der Waals surface area contributed by atoms with Gasteiger partial charge in [0.05, 0.1) is 13.5 Å². The molecule has 0 saturated heterocycles. The Bertz CT molecular complexity index is 427. The minimum atomic E-state index is -2.68. The van der Waals surface area contributed by atoms with E-state index in [1.807, 2.05) is 0 Å². The summed E-state index contributed by atoms with van der Waals surface area (Å²) in [5, 5.41) is 0. The lowest BCUT2D eigenvalue weighted by molar-refractivity contribution is -0.139. The number of hydrogen-bond acceptors (Lipinski definition) is 4. The van der Waals surface area contributed by atoms with Gasteiger partial charge in [-0.25, -0.2) is 13.8 Å². The first-order valence-corrected chi connectivity index (χ1v) is 5.52. The van der Waals surface area contributed by atoms with E-state index in [1.54, 1.807) is 0 Å². The number of hydrogen-bond donors (Lipinski definition) is 1. The number of nitrogens with zero attached hydrogens (tertiary/aromatic N) is 1. The van der Waals surface area contributed by atoms with E-state index in [2.05, 4.69) is 25.7 Å². The first kappa shape index (κ1) is 14.0. The molecule has 0 aliphatic heterocycles. The number of nitrogens with two attached hydrogens (primary N) is 1. The van der Waals surface area contributed by atoms with E-state index in [0.717, 1.165) is 0 Å². The van der Waals surface area contributed by atoms with E-state index >= 15 is 0 Å². The monoisotopic (exact) mass is 308 g/mol. The van der Waals surface area contributed by atoms with Gasteiger partial charge in [-0.1, -0.05) is 0 Å². The number of halogens is 3. The predicted octanol–water partition coefficient (Wildman–Crippen LogP) is 1.96. The van der Waals surface area contributed by atoms with Crippen LogP contribution in [0, 0.1) is 0 Å². The zero-order chi connectivity index (χ0) is 13.0. The van der Waals surface area contributed by atoms with Crippen molar-refractivity contribution < 1.29 is 18.3 Å². The van der Waals surface area contributed by atoms with E-state index in [1.165, 1.54) is 13.2 Å². The minimum Gasteiger partial charge on any atom is -0.469 e. The standard InChI is InChI=1S/C10H11BrF2N2O2/c1-17-8(16)3-6-5(4-14)2-7(10(12)13)15-9(6)11/h2,10H,3-4,14H2,1H3. The van der Waals surface area contributed by atoms with Crippen LogP contribution in [0.3, 0.4) is 0 Å². The van der Waals surface area contributed by atoms with Gasteiger partial charge >= 0.3 is 5.97 Å². The average Bonchev–Trinajstić information content (AvgIpc) is 2.30. The molecule has 0 aliphatic rings. The molecule has 4 nitrogen and oxygen atoms in total. The van der Waals surface area contributed by atoms with Crippen LogP contribution in [-0.2, 0) is 22.5 Å². The Morgan fingerprint density at radius 2 is 2.29 bits per heavy atom. The third-order valence-electron chi connectivity index (χ3n) is 2.18. The zero-order valence-corrected chi connectivity index (χ0v) is 10.6. The quantitative estimate of drug-likeness (QED) is 0.682. The molecule has 0 saturated carbocycles. The number of esters is 1. The van der Waals surface area contributed by atoms with Crippen LogP contribution in [0.4, 0.5) is 8.78 Å². The molecule has 1 heterocycles. The van der Waals surface area contributed by atoms with Gasteiger partial charge in [-0.15, -0.1) is 0 Å². The largest absolute Gasteiger partial charge is 0.469 e. The molecule has 0 fully saturated rings. The topological polar surface area (TPSA) is 65.2 Å². The van der Waals surface area contributed by atoms with Gasteiger partial charge in [0.15, 0.2) is 0 Å². The molecule has 0 spiro atoms. The summed E-state index contributed by atoms with van der Waals surface area (Å²) in [6.07, 6.45) is -2.73.